The summed E-state index contributed by atoms with van der Waals surface area (Å²) in [6, 6.07) is -5.70. The molecule has 0 aliphatic carbocycles. The monoisotopic (exact) mass is 1060 g/mol. The molecule has 0 aromatic carbocycles. The minimum absolute atomic E-state index is 0.0541. The van der Waals surface area contributed by atoms with E-state index in [1.54, 1.807) is 0 Å². The van der Waals surface area contributed by atoms with Crippen LogP contribution in [0.3, 0.4) is 0 Å². The van der Waals surface area contributed by atoms with Gasteiger partial charge in [-0.3, -0.25) is 72.5 Å². The summed E-state index contributed by atoms with van der Waals surface area (Å²) >= 11 is 0. The van der Waals surface area contributed by atoms with Crippen molar-refractivity contribution < 1.29 is 72.9 Å². The van der Waals surface area contributed by atoms with Gasteiger partial charge in [-0.05, 0) is 65.7 Å². The van der Waals surface area contributed by atoms with Crippen molar-refractivity contribution in [3.8, 4) is 0 Å². The second kappa shape index (κ2) is 40.1. The van der Waals surface area contributed by atoms with Gasteiger partial charge in [-0.2, -0.15) is 0 Å². The van der Waals surface area contributed by atoms with Gasteiger partial charge in [0.1, 0.15) is 36.3 Å². The van der Waals surface area contributed by atoms with Crippen LogP contribution in [0.4, 0.5) is 0 Å². The van der Waals surface area contributed by atoms with E-state index < -0.39 is 89.6 Å². The quantitative estimate of drug-likeness (QED) is 0.0162. The van der Waals surface area contributed by atoms with Crippen LogP contribution in [0.2, 0.25) is 0 Å². The molecular weight excluding hydrogens is 985 g/mol. The molecule has 0 radical (unpaired) electrons. The van der Waals surface area contributed by atoms with Gasteiger partial charge in [-0.25, -0.2) is 0 Å². The molecule has 74 heavy (non-hydrogen) atoms. The van der Waals surface area contributed by atoms with Crippen LogP contribution >= 0.6 is 0 Å². The number of nitrogens with two attached hydrogens (primary N) is 8. The summed E-state index contributed by atoms with van der Waals surface area (Å²) in [4.78, 5) is 148. The van der Waals surface area contributed by atoms with Crippen LogP contribution in [0.1, 0.15) is 105 Å². The van der Waals surface area contributed by atoms with E-state index >= 15 is 0 Å². The zero-order valence-corrected chi connectivity index (χ0v) is 42.0. The number of carbonyl (C=O) groups is 12. The van der Waals surface area contributed by atoms with Crippen molar-refractivity contribution in [1.82, 2.24) is 37.2 Å². The molecule has 0 aliphatic heterocycles. The number of hydrogen-bond acceptors (Lipinski definition) is 15. The fourth-order valence-electron chi connectivity index (χ4n) is 5.36. The third-order valence-corrected chi connectivity index (χ3v) is 9.13. The molecule has 0 saturated heterocycles. The second-order valence-electron chi connectivity index (χ2n) is 15.9. The first kappa shape index (κ1) is 69.7. The van der Waals surface area contributed by atoms with E-state index in [4.69, 9.17) is 61.2 Å². The summed E-state index contributed by atoms with van der Waals surface area (Å²) in [7, 11) is 0. The Hall–Kier alpha value is -8.55. The molecule has 0 aliphatic rings. The lowest BCUT2D eigenvalue weighted by molar-refractivity contribution is -0.138. The van der Waals surface area contributed by atoms with E-state index in [-0.39, 0.29) is 100 Å². The number of carbonyl (C=O) groups excluding carboxylic acids is 9. The first-order valence-corrected chi connectivity index (χ1v) is 22.8. The molecule has 9 amide bonds. The first-order valence-electron chi connectivity index (χ1n) is 22.8. The molecule has 0 heterocycles. The number of rotatable bonds is 34. The van der Waals surface area contributed by atoms with Crippen molar-refractivity contribution in [3.63, 3.8) is 0 Å². The average molecular weight is 1060 g/mol. The lowest BCUT2D eigenvalue weighted by atomic mass is 10.1. The van der Waals surface area contributed by atoms with E-state index in [9.17, 15) is 57.5 Å². The Bertz CT molecular complexity index is 1880. The molecule has 420 valence electrons. The molecule has 0 unspecified atom stereocenters. The van der Waals surface area contributed by atoms with E-state index in [1.165, 1.54) is 27.7 Å². The van der Waals surface area contributed by atoms with E-state index in [0.29, 0.717) is 38.6 Å². The Labute approximate surface area is 426 Å². The molecule has 0 rings (SSSR count). The van der Waals surface area contributed by atoms with Gasteiger partial charge < -0.3 is 98.4 Å². The number of amides is 9. The van der Waals surface area contributed by atoms with Crippen molar-refractivity contribution in [1.29, 1.82) is 0 Å². The number of nitrogens with one attached hydrogen (secondary N) is 7. The lowest BCUT2D eigenvalue weighted by Gasteiger charge is -2.20. The van der Waals surface area contributed by atoms with Crippen LogP contribution in [-0.2, 0) is 57.5 Å². The maximum Gasteiger partial charge on any atom is 0.303 e. The maximum atomic E-state index is 12.3. The number of guanidine groups is 3. The Kier molecular flexibility index (Phi) is 37.8. The van der Waals surface area contributed by atoms with Gasteiger partial charge in [-0.1, -0.05) is 0 Å². The summed E-state index contributed by atoms with van der Waals surface area (Å²) in [6.07, 6.45) is 1.15. The number of nitrogens with zero attached hydrogens (tertiary/aromatic N) is 3. The molecule has 26 N–H and O–H groups in total. The smallest absolute Gasteiger partial charge is 0.303 e. The van der Waals surface area contributed by atoms with Crippen molar-refractivity contribution in [3.05, 3.63) is 0 Å². The highest BCUT2D eigenvalue weighted by Gasteiger charge is 2.26. The number of aliphatic imine (C=N–C) groups is 3. The Morgan fingerprint density at radius 2 is 0.770 bits per heavy atom. The Morgan fingerprint density at radius 3 is 1.11 bits per heavy atom. The normalized spacial score (nSPS) is 12.5. The fraction of sp³-hybridized carbons (Fsp3) is 0.634. The second-order valence-corrected chi connectivity index (χ2v) is 15.9. The average Bonchev–Trinajstić information content (AvgIpc) is 3.28. The van der Waals surface area contributed by atoms with Crippen LogP contribution in [0.5, 0.6) is 0 Å². The largest absolute Gasteiger partial charge is 0.481 e. The minimum atomic E-state index is -1.12. The van der Waals surface area contributed by atoms with Crippen molar-refractivity contribution in [2.75, 3.05) is 26.2 Å². The summed E-state index contributed by atoms with van der Waals surface area (Å²) in [5, 5.41) is 42.8. The van der Waals surface area contributed by atoms with Gasteiger partial charge in [0.15, 0.2) is 17.9 Å². The molecule has 0 aromatic heterocycles. The van der Waals surface area contributed by atoms with E-state index in [2.05, 4.69) is 52.2 Å². The summed E-state index contributed by atoms with van der Waals surface area (Å²) in [5.74, 6) is -8.42. The van der Waals surface area contributed by atoms with Crippen LogP contribution in [-0.4, -0.2) is 167 Å². The van der Waals surface area contributed by atoms with E-state index in [0.717, 1.165) is 0 Å². The maximum absolute atomic E-state index is 12.3. The highest BCUT2D eigenvalue weighted by Crippen LogP contribution is 2.02. The summed E-state index contributed by atoms with van der Waals surface area (Å²) in [5.41, 5.74) is 41.2. The van der Waals surface area contributed by atoms with Crippen molar-refractivity contribution >= 4 is 89.0 Å². The fourth-order valence-corrected chi connectivity index (χ4v) is 5.36. The number of aliphatic carboxylic acids is 3. The molecule has 0 bridgehead atoms. The van der Waals surface area contributed by atoms with Gasteiger partial charge in [-0.15, -0.1) is 0 Å². The molecule has 6 atom stereocenters. The number of carboxylic acids is 3. The molecule has 0 spiro atoms. The molecule has 33 nitrogen and oxygen atoms in total. The van der Waals surface area contributed by atoms with Gasteiger partial charge in [0.2, 0.25) is 53.2 Å². The number of hydrogen-bond donors (Lipinski definition) is 18. The SMILES string of the molecule is CC(=O)N[C@H](CCCN=C(N)N)C(=O)N[C@H](C)C(=O)NCCCC(=O)O.C[C@@H](NC(=O)CCCN=C(N)N)C(=O)N[C@H](CCC(=O)O)C(N)=O.C[C@H](NC(=O)CCCN=C(N)N)C(=O)N[C@@H](CCC(=O)O)C(N)=O. The lowest BCUT2D eigenvalue weighted by Crippen LogP contribution is -2.52. The van der Waals surface area contributed by atoms with Crippen LogP contribution < -0.4 is 83.1 Å². The highest BCUT2D eigenvalue weighted by molar-refractivity contribution is 5.93. The predicted octanol–water partition coefficient (Wildman–Crippen LogP) is -7.21. The standard InChI is InChI=1S/C15H28N6O5.2C13H24N6O5/c1-9(13(25)18-7-4-6-12(23)24)20-14(26)11(21-10(2)22)5-3-8-19-15(16)17;2*1-7(18-9(20)3-2-6-17-13(15)16)12(24)19-8(11(14)23)4-5-10(21)22/h9,11H,3-8H2,1-2H3,(H,18,25)(H,20,26)(H,21,22)(H,23,24)(H4,16,17,19);2*7-8H,2-6H2,1H3,(H2,14,23)(H,18,20)(H,19,24)(H,21,22)(H4,15,16,17)/t9-,11-;2*7-,8-/m110/s1. The van der Waals surface area contributed by atoms with Crippen LogP contribution in [0.15, 0.2) is 15.0 Å². The Balaban J connectivity index is -0.00000102. The zero-order valence-electron chi connectivity index (χ0n) is 42.0. The molecule has 0 fully saturated rings. The predicted molar refractivity (Wildman–Crippen MR) is 266 cm³/mol. The van der Waals surface area contributed by atoms with Gasteiger partial charge in [0, 0.05) is 65.2 Å². The number of primary amides is 2. The highest BCUT2D eigenvalue weighted by atomic mass is 16.4. The van der Waals surface area contributed by atoms with Crippen molar-refractivity contribution in [2.24, 2.45) is 60.8 Å². The van der Waals surface area contributed by atoms with E-state index in [1.807, 2.05) is 0 Å². The molecule has 0 aromatic rings. The third kappa shape index (κ3) is 41.3. The topological polar surface area (TPSA) is 595 Å². The van der Waals surface area contributed by atoms with Crippen LogP contribution in [0, 0.1) is 0 Å². The van der Waals surface area contributed by atoms with Crippen molar-refractivity contribution in [2.45, 2.75) is 141 Å². The number of carboxylic acid groups (broad SMARTS) is 3. The summed E-state index contributed by atoms with van der Waals surface area (Å²) < 4.78 is 0. The third-order valence-electron chi connectivity index (χ3n) is 9.13. The summed E-state index contributed by atoms with van der Waals surface area (Å²) in [6.45, 7) is 6.72. The van der Waals surface area contributed by atoms with Gasteiger partial charge in [0.05, 0.1) is 0 Å². The van der Waals surface area contributed by atoms with Gasteiger partial charge in [0.25, 0.3) is 0 Å². The first-order chi connectivity index (χ1) is 34.4. The minimum Gasteiger partial charge on any atom is -0.481 e. The Morgan fingerprint density at radius 1 is 0.405 bits per heavy atom. The van der Waals surface area contributed by atoms with Gasteiger partial charge >= 0.3 is 17.9 Å². The van der Waals surface area contributed by atoms with Crippen LogP contribution in [0.25, 0.3) is 0 Å². The molecule has 0 saturated carbocycles. The molecular formula is C41H76N18O15. The molecule has 33 heteroatoms. The zero-order chi connectivity index (χ0) is 57.5.